The van der Waals surface area contributed by atoms with Crippen LogP contribution in [-0.4, -0.2) is 46.4 Å². The molecule has 0 radical (unpaired) electrons. The zero-order valence-electron chi connectivity index (χ0n) is 13.5. The van der Waals surface area contributed by atoms with Gasteiger partial charge in [0.1, 0.15) is 12.4 Å². The maximum Gasteiger partial charge on any atom is 0.191 e. The number of aliphatic imine (C=N–C) groups is 1. The Morgan fingerprint density at radius 3 is 2.38 bits per heavy atom. The molecule has 0 bridgehead atoms. The van der Waals surface area contributed by atoms with E-state index in [1.807, 2.05) is 6.07 Å². The van der Waals surface area contributed by atoms with Gasteiger partial charge in [0.05, 0.1) is 6.54 Å². The second-order valence-electron chi connectivity index (χ2n) is 4.84. The van der Waals surface area contributed by atoms with Gasteiger partial charge in [-0.2, -0.15) is 0 Å². The lowest BCUT2D eigenvalue weighted by molar-refractivity contribution is 0.195. The molecule has 0 aliphatic heterocycles. The van der Waals surface area contributed by atoms with Gasteiger partial charge in [0, 0.05) is 27.3 Å². The minimum atomic E-state index is 0.602. The van der Waals surface area contributed by atoms with Crippen LogP contribution in [0.25, 0.3) is 0 Å². The number of benzene rings is 1. The first kappa shape index (κ1) is 17.3. The Hall–Kier alpha value is -1.75. The molecule has 5 heteroatoms. The lowest BCUT2D eigenvalue weighted by Gasteiger charge is -2.14. The van der Waals surface area contributed by atoms with Crippen molar-refractivity contribution in [3.8, 4) is 5.75 Å². The van der Waals surface area contributed by atoms with Gasteiger partial charge in [0.2, 0.25) is 0 Å². The number of rotatable bonds is 8. The number of hydrogen-bond donors (Lipinski definition) is 2. The number of nitrogens with one attached hydrogen (secondary N) is 2. The van der Waals surface area contributed by atoms with Crippen molar-refractivity contribution < 1.29 is 9.47 Å². The summed E-state index contributed by atoms with van der Waals surface area (Å²) in [6, 6.07) is 6.17. The fraction of sp³-hybridized carbons (Fsp3) is 0.562. The van der Waals surface area contributed by atoms with E-state index in [1.165, 1.54) is 0 Å². The van der Waals surface area contributed by atoms with Gasteiger partial charge in [-0.1, -0.05) is 18.2 Å². The molecule has 0 spiro atoms. The third-order valence-corrected chi connectivity index (χ3v) is 3.09. The smallest absolute Gasteiger partial charge is 0.191 e. The van der Waals surface area contributed by atoms with Gasteiger partial charge in [-0.15, -0.1) is 0 Å². The fourth-order valence-electron chi connectivity index (χ4n) is 1.99. The van der Waals surface area contributed by atoms with Gasteiger partial charge < -0.3 is 20.1 Å². The number of ether oxygens (including phenoxy) is 2. The summed E-state index contributed by atoms with van der Waals surface area (Å²) >= 11 is 0. The largest absolute Gasteiger partial charge is 0.491 e. The first-order valence-electron chi connectivity index (χ1n) is 7.31. The van der Waals surface area contributed by atoms with Crippen LogP contribution in [-0.2, 0) is 4.74 Å². The Labute approximate surface area is 127 Å². The lowest BCUT2D eigenvalue weighted by atomic mass is 10.1. The molecule has 5 nitrogen and oxygen atoms in total. The van der Waals surface area contributed by atoms with Gasteiger partial charge in [-0.25, -0.2) is 0 Å². The molecule has 0 aromatic heterocycles. The van der Waals surface area contributed by atoms with Crippen LogP contribution < -0.4 is 15.4 Å². The summed E-state index contributed by atoms with van der Waals surface area (Å²) in [4.78, 5) is 4.16. The van der Waals surface area contributed by atoms with Crippen molar-refractivity contribution in [3.05, 3.63) is 29.3 Å². The van der Waals surface area contributed by atoms with Gasteiger partial charge >= 0.3 is 0 Å². The van der Waals surface area contributed by atoms with E-state index in [4.69, 9.17) is 9.47 Å². The molecule has 0 aliphatic carbocycles. The lowest BCUT2D eigenvalue weighted by Crippen LogP contribution is -2.39. The summed E-state index contributed by atoms with van der Waals surface area (Å²) in [5, 5.41) is 6.46. The fourth-order valence-corrected chi connectivity index (χ4v) is 1.99. The summed E-state index contributed by atoms with van der Waals surface area (Å²) in [6.07, 6.45) is 0.954. The van der Waals surface area contributed by atoms with Crippen LogP contribution in [0, 0.1) is 13.8 Å². The monoisotopic (exact) mass is 293 g/mol. The predicted molar refractivity (Wildman–Crippen MR) is 87.3 cm³/mol. The van der Waals surface area contributed by atoms with E-state index in [1.54, 1.807) is 14.2 Å². The number of nitrogens with zero attached hydrogens (tertiary/aromatic N) is 1. The highest BCUT2D eigenvalue weighted by Gasteiger charge is 2.03. The molecule has 1 aromatic carbocycles. The molecule has 21 heavy (non-hydrogen) atoms. The topological polar surface area (TPSA) is 54.9 Å². The molecule has 118 valence electrons. The third kappa shape index (κ3) is 6.49. The van der Waals surface area contributed by atoms with Gasteiger partial charge in [-0.3, -0.25) is 4.99 Å². The molecule has 0 amide bonds. The van der Waals surface area contributed by atoms with Crippen molar-refractivity contribution in [2.45, 2.75) is 20.3 Å². The zero-order chi connectivity index (χ0) is 15.5. The van der Waals surface area contributed by atoms with Crippen LogP contribution in [0.1, 0.15) is 17.5 Å². The molecule has 0 fully saturated rings. The molecule has 0 saturated carbocycles. The molecule has 1 aromatic rings. The average Bonchev–Trinajstić information content (AvgIpc) is 2.48. The summed E-state index contributed by atoms with van der Waals surface area (Å²) in [5.41, 5.74) is 2.33. The van der Waals surface area contributed by atoms with E-state index < -0.39 is 0 Å². The predicted octanol–water partition coefficient (Wildman–Crippen LogP) is 1.88. The summed E-state index contributed by atoms with van der Waals surface area (Å²) in [5.74, 6) is 1.76. The molecule has 0 atom stereocenters. The van der Waals surface area contributed by atoms with E-state index in [0.29, 0.717) is 13.2 Å². The van der Waals surface area contributed by atoms with Crippen LogP contribution >= 0.6 is 0 Å². The molecule has 0 unspecified atom stereocenters. The van der Waals surface area contributed by atoms with E-state index >= 15 is 0 Å². The normalized spacial score (nSPS) is 11.3. The second kappa shape index (κ2) is 10.0. The van der Waals surface area contributed by atoms with Crippen LogP contribution in [0.15, 0.2) is 23.2 Å². The Morgan fingerprint density at radius 2 is 1.76 bits per heavy atom. The second-order valence-corrected chi connectivity index (χ2v) is 4.84. The van der Waals surface area contributed by atoms with Crippen LogP contribution in [0.5, 0.6) is 5.75 Å². The minimum absolute atomic E-state index is 0.602. The van der Waals surface area contributed by atoms with Crippen molar-refractivity contribution in [1.82, 2.24) is 10.6 Å². The van der Waals surface area contributed by atoms with Crippen molar-refractivity contribution in [3.63, 3.8) is 0 Å². The van der Waals surface area contributed by atoms with E-state index in [2.05, 4.69) is 41.6 Å². The Morgan fingerprint density at radius 1 is 1.10 bits per heavy atom. The summed E-state index contributed by atoms with van der Waals surface area (Å²) < 4.78 is 10.8. The molecular weight excluding hydrogens is 266 g/mol. The Balaban J connectivity index is 2.26. The first-order valence-corrected chi connectivity index (χ1v) is 7.31. The Kier molecular flexibility index (Phi) is 8.28. The highest BCUT2D eigenvalue weighted by Crippen LogP contribution is 2.21. The summed E-state index contributed by atoms with van der Waals surface area (Å²) in [6.45, 7) is 7.02. The number of aryl methyl sites for hydroxylation is 2. The van der Waals surface area contributed by atoms with Crippen LogP contribution in [0.4, 0.5) is 0 Å². The first-order chi connectivity index (χ1) is 10.2. The van der Waals surface area contributed by atoms with Crippen molar-refractivity contribution in [2.75, 3.05) is 40.5 Å². The highest BCUT2D eigenvalue weighted by atomic mass is 16.5. The number of guanidine groups is 1. The van der Waals surface area contributed by atoms with Gasteiger partial charge in [0.25, 0.3) is 0 Å². The van der Waals surface area contributed by atoms with Crippen molar-refractivity contribution >= 4 is 5.96 Å². The molecular formula is C16H27N3O2. The maximum absolute atomic E-state index is 5.84. The van der Waals surface area contributed by atoms with Crippen molar-refractivity contribution in [2.24, 2.45) is 4.99 Å². The number of hydrogen-bond acceptors (Lipinski definition) is 3. The molecule has 0 aliphatic rings. The molecule has 1 rings (SSSR count). The zero-order valence-corrected chi connectivity index (χ0v) is 13.5. The standard InChI is InChI=1S/C16H27N3O2/c1-13-7-5-8-14(2)15(13)21-12-10-19-16(17-3)18-9-6-11-20-4/h5,7-8H,6,9-12H2,1-4H3,(H2,17,18,19). The molecule has 0 heterocycles. The van der Waals surface area contributed by atoms with Crippen LogP contribution in [0.2, 0.25) is 0 Å². The average molecular weight is 293 g/mol. The number of para-hydroxylation sites is 1. The third-order valence-electron chi connectivity index (χ3n) is 3.09. The number of methoxy groups -OCH3 is 1. The highest BCUT2D eigenvalue weighted by molar-refractivity contribution is 5.79. The summed E-state index contributed by atoms with van der Waals surface area (Å²) in [7, 11) is 3.47. The van der Waals surface area contributed by atoms with Crippen molar-refractivity contribution in [1.29, 1.82) is 0 Å². The van der Waals surface area contributed by atoms with E-state index in [9.17, 15) is 0 Å². The Bertz CT molecular complexity index is 427. The maximum atomic E-state index is 5.84. The van der Waals surface area contributed by atoms with Gasteiger partial charge in [0.15, 0.2) is 5.96 Å². The van der Waals surface area contributed by atoms with Crippen LogP contribution in [0.3, 0.4) is 0 Å². The van der Waals surface area contributed by atoms with E-state index in [-0.39, 0.29) is 0 Å². The van der Waals surface area contributed by atoms with E-state index in [0.717, 1.165) is 42.4 Å². The molecule has 2 N–H and O–H groups in total. The van der Waals surface area contributed by atoms with Gasteiger partial charge in [-0.05, 0) is 31.4 Å². The SMILES string of the molecule is CN=C(NCCCOC)NCCOc1c(C)cccc1C. The quantitative estimate of drug-likeness (QED) is 0.436. The minimum Gasteiger partial charge on any atom is -0.491 e. The molecule has 0 saturated heterocycles.